The third-order valence-electron chi connectivity index (χ3n) is 3.50. The van der Waals surface area contributed by atoms with Crippen molar-refractivity contribution >= 4 is 17.9 Å². The second kappa shape index (κ2) is 10.7. The molecule has 2 N–H and O–H groups in total. The highest BCUT2D eigenvalue weighted by Crippen LogP contribution is 2.21. The van der Waals surface area contributed by atoms with Gasteiger partial charge in [-0.3, -0.25) is 9.59 Å². The van der Waals surface area contributed by atoms with Crippen LogP contribution in [0.5, 0.6) is 5.75 Å². The van der Waals surface area contributed by atoms with E-state index >= 15 is 0 Å². The Morgan fingerprint density at radius 3 is 2.37 bits per heavy atom. The fraction of sp³-hybridized carbons (Fsp3) is 0.200. The number of hydrogen-bond donors (Lipinski definition) is 2. The summed E-state index contributed by atoms with van der Waals surface area (Å²) in [6, 6.07) is 15.5. The summed E-state index contributed by atoms with van der Waals surface area (Å²) in [5.41, 5.74) is 1.27. The summed E-state index contributed by atoms with van der Waals surface area (Å²) in [6.45, 7) is -2.40. The number of carbonyl (C=O) groups excluding carboxylic acids is 2. The average molecular weight is 374 g/mol. The van der Waals surface area contributed by atoms with E-state index in [9.17, 15) is 18.4 Å². The molecule has 0 fully saturated rings. The molecule has 0 bridgehead atoms. The number of ether oxygens (including phenoxy) is 1. The summed E-state index contributed by atoms with van der Waals surface area (Å²) >= 11 is 0. The summed E-state index contributed by atoms with van der Waals surface area (Å²) < 4.78 is 29.1. The van der Waals surface area contributed by atoms with Gasteiger partial charge in [0.15, 0.2) is 0 Å². The molecular formula is C20H20F2N2O3. The van der Waals surface area contributed by atoms with Crippen molar-refractivity contribution in [2.24, 2.45) is 0 Å². The van der Waals surface area contributed by atoms with Gasteiger partial charge >= 0.3 is 6.61 Å². The van der Waals surface area contributed by atoms with Gasteiger partial charge in [0.25, 0.3) is 0 Å². The molecular weight excluding hydrogens is 354 g/mol. The molecule has 0 radical (unpaired) electrons. The minimum absolute atomic E-state index is 0.00951. The van der Waals surface area contributed by atoms with Crippen molar-refractivity contribution in [1.29, 1.82) is 0 Å². The van der Waals surface area contributed by atoms with Crippen LogP contribution < -0.4 is 15.4 Å². The van der Waals surface area contributed by atoms with E-state index in [0.29, 0.717) is 5.56 Å². The Bertz CT molecular complexity index is 780. The topological polar surface area (TPSA) is 67.4 Å². The number of carbonyl (C=O) groups is 2. The van der Waals surface area contributed by atoms with Crippen molar-refractivity contribution < 1.29 is 23.1 Å². The quantitative estimate of drug-likeness (QED) is 0.524. The lowest BCUT2D eigenvalue weighted by Crippen LogP contribution is -2.34. The Balaban J connectivity index is 1.72. The van der Waals surface area contributed by atoms with E-state index in [0.717, 1.165) is 5.56 Å². The van der Waals surface area contributed by atoms with Gasteiger partial charge < -0.3 is 15.4 Å². The van der Waals surface area contributed by atoms with E-state index in [1.165, 1.54) is 18.2 Å². The van der Waals surface area contributed by atoms with Crippen LogP contribution in [0.4, 0.5) is 8.78 Å². The van der Waals surface area contributed by atoms with E-state index in [4.69, 9.17) is 0 Å². The van der Waals surface area contributed by atoms with Crippen molar-refractivity contribution in [3.63, 3.8) is 0 Å². The molecule has 0 unspecified atom stereocenters. The molecule has 5 nitrogen and oxygen atoms in total. The van der Waals surface area contributed by atoms with E-state index in [-0.39, 0.29) is 31.2 Å². The Kier molecular flexibility index (Phi) is 7.96. The van der Waals surface area contributed by atoms with Crippen molar-refractivity contribution in [2.45, 2.75) is 13.0 Å². The van der Waals surface area contributed by atoms with Gasteiger partial charge in [0.1, 0.15) is 5.75 Å². The first-order valence-electron chi connectivity index (χ1n) is 8.35. The minimum atomic E-state index is -2.94. The van der Waals surface area contributed by atoms with Crippen LogP contribution in [0.1, 0.15) is 11.1 Å². The van der Waals surface area contributed by atoms with Crippen molar-refractivity contribution in [3.05, 3.63) is 71.8 Å². The molecule has 2 amide bonds. The lowest BCUT2D eigenvalue weighted by atomic mass is 10.1. The normalized spacial score (nSPS) is 10.8. The van der Waals surface area contributed by atoms with Gasteiger partial charge in [-0.2, -0.15) is 8.78 Å². The van der Waals surface area contributed by atoms with E-state index in [1.54, 1.807) is 18.2 Å². The number of benzene rings is 2. The molecule has 0 spiro atoms. The predicted octanol–water partition coefficient (Wildman–Crippen LogP) is 2.78. The monoisotopic (exact) mass is 374 g/mol. The molecule has 0 saturated carbocycles. The molecule has 2 aromatic carbocycles. The fourth-order valence-corrected chi connectivity index (χ4v) is 2.28. The number of para-hydroxylation sites is 1. The largest absolute Gasteiger partial charge is 0.434 e. The first-order chi connectivity index (χ1) is 13.0. The summed E-state index contributed by atoms with van der Waals surface area (Å²) in [5.74, 6) is -0.548. The van der Waals surface area contributed by atoms with Gasteiger partial charge in [0, 0.05) is 24.7 Å². The highest BCUT2D eigenvalue weighted by molar-refractivity contribution is 5.92. The molecule has 7 heteroatoms. The van der Waals surface area contributed by atoms with Crippen LogP contribution in [0.15, 0.2) is 60.7 Å². The SMILES string of the molecule is O=C(/C=C/c1ccccc1OC(F)F)NCCNC(=O)Cc1ccccc1. The summed E-state index contributed by atoms with van der Waals surface area (Å²) in [6.07, 6.45) is 2.89. The van der Waals surface area contributed by atoms with Crippen LogP contribution in [0.25, 0.3) is 6.08 Å². The molecule has 0 aliphatic heterocycles. The van der Waals surface area contributed by atoms with Gasteiger partial charge in [-0.15, -0.1) is 0 Å². The maximum Gasteiger partial charge on any atom is 0.387 e. The van der Waals surface area contributed by atoms with E-state index in [1.807, 2.05) is 30.3 Å². The smallest absolute Gasteiger partial charge is 0.387 e. The van der Waals surface area contributed by atoms with E-state index < -0.39 is 12.5 Å². The highest BCUT2D eigenvalue weighted by Gasteiger charge is 2.07. The maximum absolute atomic E-state index is 12.3. The number of amides is 2. The van der Waals surface area contributed by atoms with Gasteiger partial charge in [-0.1, -0.05) is 48.5 Å². The highest BCUT2D eigenvalue weighted by atomic mass is 19.3. The molecule has 2 aromatic rings. The maximum atomic E-state index is 12.3. The van der Waals surface area contributed by atoms with Crippen LogP contribution in [0.3, 0.4) is 0 Å². The van der Waals surface area contributed by atoms with Gasteiger partial charge in [-0.25, -0.2) is 0 Å². The molecule has 0 atom stereocenters. The van der Waals surface area contributed by atoms with Gasteiger partial charge in [0.05, 0.1) is 6.42 Å². The van der Waals surface area contributed by atoms with Crippen LogP contribution in [0.2, 0.25) is 0 Å². The lowest BCUT2D eigenvalue weighted by Gasteiger charge is -2.07. The summed E-state index contributed by atoms with van der Waals surface area (Å²) in [5, 5.41) is 5.31. The molecule has 27 heavy (non-hydrogen) atoms. The van der Waals surface area contributed by atoms with Crippen LogP contribution in [-0.4, -0.2) is 31.5 Å². The zero-order valence-corrected chi connectivity index (χ0v) is 14.5. The first kappa shape index (κ1) is 20.1. The molecule has 0 aromatic heterocycles. The number of alkyl halides is 2. The van der Waals surface area contributed by atoms with Gasteiger partial charge in [-0.05, 0) is 17.7 Å². The molecule has 0 aliphatic carbocycles. The second-order valence-corrected chi connectivity index (χ2v) is 5.55. The predicted molar refractivity (Wildman–Crippen MR) is 98.3 cm³/mol. The Morgan fingerprint density at radius 2 is 1.63 bits per heavy atom. The van der Waals surface area contributed by atoms with Crippen molar-refractivity contribution in [3.8, 4) is 5.75 Å². The minimum Gasteiger partial charge on any atom is -0.434 e. The second-order valence-electron chi connectivity index (χ2n) is 5.55. The number of hydrogen-bond acceptors (Lipinski definition) is 3. The van der Waals surface area contributed by atoms with Crippen LogP contribution in [-0.2, 0) is 16.0 Å². The number of nitrogens with one attached hydrogen (secondary N) is 2. The molecule has 0 saturated heterocycles. The third kappa shape index (κ3) is 7.68. The van der Waals surface area contributed by atoms with Gasteiger partial charge in [0.2, 0.25) is 11.8 Å². The van der Waals surface area contributed by atoms with Crippen LogP contribution in [0, 0.1) is 0 Å². The average Bonchev–Trinajstić information content (AvgIpc) is 2.65. The molecule has 0 aliphatic rings. The number of halogens is 2. The van der Waals surface area contributed by atoms with Crippen LogP contribution >= 0.6 is 0 Å². The zero-order valence-electron chi connectivity index (χ0n) is 14.5. The van der Waals surface area contributed by atoms with Crippen molar-refractivity contribution in [1.82, 2.24) is 10.6 Å². The summed E-state index contributed by atoms with van der Waals surface area (Å²) in [4.78, 5) is 23.6. The zero-order chi connectivity index (χ0) is 19.5. The Morgan fingerprint density at radius 1 is 0.963 bits per heavy atom. The van der Waals surface area contributed by atoms with E-state index in [2.05, 4.69) is 15.4 Å². The van der Waals surface area contributed by atoms with Crippen molar-refractivity contribution in [2.75, 3.05) is 13.1 Å². The standard InChI is InChI=1S/C20H20F2N2O3/c21-20(22)27-17-9-5-4-8-16(17)10-11-18(25)23-12-13-24-19(26)14-15-6-2-1-3-7-15/h1-11,20H,12-14H2,(H,23,25)(H,24,26)/b11-10+. The Hall–Kier alpha value is -3.22. The number of rotatable bonds is 9. The molecule has 2 rings (SSSR count). The fourth-order valence-electron chi connectivity index (χ4n) is 2.28. The lowest BCUT2D eigenvalue weighted by molar-refractivity contribution is -0.121. The Labute approximate surface area is 156 Å². The first-order valence-corrected chi connectivity index (χ1v) is 8.35. The third-order valence-corrected chi connectivity index (χ3v) is 3.50. The molecule has 142 valence electrons. The molecule has 0 heterocycles. The summed E-state index contributed by atoms with van der Waals surface area (Å²) in [7, 11) is 0.